The summed E-state index contributed by atoms with van der Waals surface area (Å²) in [6.45, 7) is 3.76. The van der Waals surface area contributed by atoms with Gasteiger partial charge < -0.3 is 23.7 Å². The minimum Gasteiger partial charge on any atom is -0.497 e. The normalized spacial score (nSPS) is 18.4. The number of fused-ring (bicyclic) bond motifs is 1. The number of pyridine rings is 1. The van der Waals surface area contributed by atoms with Crippen LogP contribution in [0.25, 0.3) is 10.9 Å². The molecular weight excluding hydrogens is 406 g/mol. The molecule has 2 saturated heterocycles. The fraction of sp³-hybridized carbons (Fsp3) is 0.440. The van der Waals surface area contributed by atoms with Crippen LogP contribution in [0.1, 0.15) is 41.6 Å². The molecule has 0 aliphatic carbocycles. The van der Waals surface area contributed by atoms with E-state index in [0.29, 0.717) is 18.7 Å². The lowest BCUT2D eigenvalue weighted by Gasteiger charge is -2.28. The summed E-state index contributed by atoms with van der Waals surface area (Å²) in [4.78, 5) is 22.6. The van der Waals surface area contributed by atoms with Crippen molar-refractivity contribution in [1.29, 1.82) is 0 Å². The first-order valence-electron chi connectivity index (χ1n) is 11.4. The molecule has 3 aromatic rings. The second kappa shape index (κ2) is 9.20. The fourth-order valence-corrected chi connectivity index (χ4v) is 4.65. The van der Waals surface area contributed by atoms with Crippen molar-refractivity contribution in [3.05, 3.63) is 54.0 Å². The van der Waals surface area contributed by atoms with Crippen LogP contribution in [0.4, 0.5) is 5.82 Å². The van der Waals surface area contributed by atoms with Gasteiger partial charge in [0.2, 0.25) is 0 Å². The number of aromatic nitrogens is 1. The van der Waals surface area contributed by atoms with Gasteiger partial charge in [-0.25, -0.2) is 4.98 Å². The molecule has 1 atom stereocenters. The Morgan fingerprint density at radius 1 is 1.22 bits per heavy atom. The Kier molecular flexibility index (Phi) is 5.99. The SMILES string of the molecule is COc1ccc2cc(CN(C[C@H]3CCCO3)C(=O)c3ccoc3)c(N3CCCC3)nc2c1. The zero-order valence-corrected chi connectivity index (χ0v) is 18.5. The van der Waals surface area contributed by atoms with E-state index >= 15 is 0 Å². The Bertz CT molecular complexity index is 1070. The van der Waals surface area contributed by atoms with Gasteiger partial charge in [0.25, 0.3) is 5.91 Å². The van der Waals surface area contributed by atoms with Crippen LogP contribution in [-0.4, -0.2) is 55.2 Å². The molecule has 2 aliphatic rings. The van der Waals surface area contributed by atoms with Crippen LogP contribution in [-0.2, 0) is 11.3 Å². The van der Waals surface area contributed by atoms with Crippen LogP contribution >= 0.6 is 0 Å². The van der Waals surface area contributed by atoms with E-state index in [1.807, 2.05) is 23.1 Å². The van der Waals surface area contributed by atoms with Gasteiger partial charge in [-0.15, -0.1) is 0 Å². The second-order valence-corrected chi connectivity index (χ2v) is 8.56. The van der Waals surface area contributed by atoms with Crippen LogP contribution in [0.3, 0.4) is 0 Å². The standard InChI is InChI=1S/C25H29N3O4/c1-30-21-7-6-18-13-20(24(26-23(18)14-21)27-9-2-3-10-27)15-28(16-22-5-4-11-32-22)25(29)19-8-12-31-17-19/h6-8,12-14,17,22H,2-5,9-11,15-16H2,1H3/t22-/m1/s1. The molecule has 1 aromatic carbocycles. The number of hydrogen-bond acceptors (Lipinski definition) is 6. The number of hydrogen-bond donors (Lipinski definition) is 0. The maximum absolute atomic E-state index is 13.3. The molecule has 2 fully saturated rings. The van der Waals surface area contributed by atoms with E-state index in [4.69, 9.17) is 18.9 Å². The van der Waals surface area contributed by atoms with Gasteiger partial charge in [-0.3, -0.25) is 4.79 Å². The van der Waals surface area contributed by atoms with E-state index < -0.39 is 0 Å². The average Bonchev–Trinajstić information content (AvgIpc) is 3.61. The van der Waals surface area contributed by atoms with Crippen molar-refractivity contribution >= 4 is 22.6 Å². The zero-order chi connectivity index (χ0) is 21.9. The molecule has 0 bridgehead atoms. The molecule has 0 saturated carbocycles. The number of anilines is 1. The Balaban J connectivity index is 1.52. The number of ether oxygens (including phenoxy) is 2. The van der Waals surface area contributed by atoms with Crippen molar-refractivity contribution in [2.45, 2.75) is 38.3 Å². The van der Waals surface area contributed by atoms with Crippen molar-refractivity contribution in [2.75, 3.05) is 38.3 Å². The number of benzene rings is 1. The fourth-order valence-electron chi connectivity index (χ4n) is 4.65. The summed E-state index contributed by atoms with van der Waals surface area (Å²) in [5, 5.41) is 1.04. The monoisotopic (exact) mass is 435 g/mol. The third kappa shape index (κ3) is 4.30. The minimum absolute atomic E-state index is 0.0450. The molecule has 7 nitrogen and oxygen atoms in total. The molecule has 168 valence electrons. The molecule has 4 heterocycles. The van der Waals surface area contributed by atoms with Crippen LogP contribution in [0.5, 0.6) is 5.75 Å². The maximum Gasteiger partial charge on any atom is 0.257 e. The predicted molar refractivity (Wildman–Crippen MR) is 122 cm³/mol. The molecule has 0 radical (unpaired) electrons. The quantitative estimate of drug-likeness (QED) is 0.552. The molecule has 0 spiro atoms. The average molecular weight is 436 g/mol. The predicted octanol–water partition coefficient (Wildman–Crippen LogP) is 4.26. The number of nitrogens with zero attached hydrogens (tertiary/aromatic N) is 3. The lowest BCUT2D eigenvalue weighted by molar-refractivity contribution is 0.0507. The summed E-state index contributed by atoms with van der Waals surface area (Å²) in [6, 6.07) is 9.84. The highest BCUT2D eigenvalue weighted by atomic mass is 16.5. The first-order chi connectivity index (χ1) is 15.7. The Labute approximate surface area is 187 Å². The van der Waals surface area contributed by atoms with Gasteiger partial charge in [0.05, 0.1) is 30.6 Å². The molecule has 0 unspecified atom stereocenters. The highest BCUT2D eigenvalue weighted by Gasteiger charge is 2.27. The van der Waals surface area contributed by atoms with Crippen molar-refractivity contribution < 1.29 is 18.7 Å². The van der Waals surface area contributed by atoms with E-state index in [1.54, 1.807) is 13.2 Å². The number of carbonyl (C=O) groups excluding carboxylic acids is 1. The second-order valence-electron chi connectivity index (χ2n) is 8.56. The topological polar surface area (TPSA) is 68.0 Å². The number of rotatable bonds is 7. The van der Waals surface area contributed by atoms with Crippen molar-refractivity contribution in [3.63, 3.8) is 0 Å². The lowest BCUT2D eigenvalue weighted by atomic mass is 10.1. The first kappa shape index (κ1) is 20.8. The van der Waals surface area contributed by atoms with Gasteiger partial charge in [0.15, 0.2) is 0 Å². The molecule has 0 N–H and O–H groups in total. The molecule has 5 rings (SSSR count). The molecular formula is C25H29N3O4. The summed E-state index contributed by atoms with van der Waals surface area (Å²) in [6.07, 6.45) is 7.45. The summed E-state index contributed by atoms with van der Waals surface area (Å²) in [5.74, 6) is 1.71. The molecule has 1 amide bonds. The van der Waals surface area contributed by atoms with Gasteiger partial charge in [-0.1, -0.05) is 0 Å². The van der Waals surface area contributed by atoms with Crippen LogP contribution in [0, 0.1) is 0 Å². The lowest BCUT2D eigenvalue weighted by Crippen LogP contribution is -2.37. The summed E-state index contributed by atoms with van der Waals surface area (Å²) in [5.41, 5.74) is 2.52. The Hall–Kier alpha value is -3.06. The Morgan fingerprint density at radius 2 is 2.09 bits per heavy atom. The maximum atomic E-state index is 13.3. The van der Waals surface area contributed by atoms with Gasteiger partial charge in [0.1, 0.15) is 17.8 Å². The largest absolute Gasteiger partial charge is 0.497 e. The van der Waals surface area contributed by atoms with Crippen molar-refractivity contribution in [2.24, 2.45) is 0 Å². The minimum atomic E-state index is -0.0450. The number of amides is 1. The zero-order valence-electron chi connectivity index (χ0n) is 18.5. The summed E-state index contributed by atoms with van der Waals surface area (Å²) >= 11 is 0. The van der Waals surface area contributed by atoms with Crippen LogP contribution in [0.15, 0.2) is 47.3 Å². The number of furan rings is 1. The smallest absolute Gasteiger partial charge is 0.257 e. The summed E-state index contributed by atoms with van der Waals surface area (Å²) < 4.78 is 16.4. The third-order valence-corrected chi connectivity index (χ3v) is 6.35. The highest BCUT2D eigenvalue weighted by molar-refractivity contribution is 5.94. The molecule has 7 heteroatoms. The number of carbonyl (C=O) groups is 1. The highest BCUT2D eigenvalue weighted by Crippen LogP contribution is 2.30. The Morgan fingerprint density at radius 3 is 2.81 bits per heavy atom. The summed E-state index contributed by atoms with van der Waals surface area (Å²) in [7, 11) is 1.67. The van der Waals surface area contributed by atoms with Gasteiger partial charge in [-0.05, 0) is 49.9 Å². The van der Waals surface area contributed by atoms with Gasteiger partial charge in [0, 0.05) is 49.8 Å². The van der Waals surface area contributed by atoms with E-state index in [9.17, 15) is 4.79 Å². The third-order valence-electron chi connectivity index (χ3n) is 6.35. The first-order valence-corrected chi connectivity index (χ1v) is 11.4. The van der Waals surface area contributed by atoms with Crippen LogP contribution < -0.4 is 9.64 Å². The van der Waals surface area contributed by atoms with E-state index in [-0.39, 0.29) is 12.0 Å². The van der Waals surface area contributed by atoms with Gasteiger partial charge in [-0.2, -0.15) is 0 Å². The number of methoxy groups -OCH3 is 1. The van der Waals surface area contributed by atoms with Crippen LogP contribution in [0.2, 0.25) is 0 Å². The molecule has 2 aliphatic heterocycles. The van der Waals surface area contributed by atoms with E-state index in [0.717, 1.165) is 73.4 Å². The van der Waals surface area contributed by atoms with E-state index in [2.05, 4.69) is 11.0 Å². The van der Waals surface area contributed by atoms with E-state index in [1.165, 1.54) is 12.5 Å². The van der Waals surface area contributed by atoms with Gasteiger partial charge >= 0.3 is 0 Å². The van der Waals surface area contributed by atoms with Crippen molar-refractivity contribution in [1.82, 2.24) is 9.88 Å². The molecule has 32 heavy (non-hydrogen) atoms. The van der Waals surface area contributed by atoms with Crippen molar-refractivity contribution in [3.8, 4) is 5.75 Å². The molecule has 2 aromatic heterocycles.